The molecule has 0 radical (unpaired) electrons. The summed E-state index contributed by atoms with van der Waals surface area (Å²) in [6.45, 7) is 4.44. The lowest BCUT2D eigenvalue weighted by Crippen LogP contribution is -2.34. The van der Waals surface area contributed by atoms with E-state index in [1.165, 1.54) is 11.8 Å². The fraction of sp³-hybridized carbons (Fsp3) is 0.500. The van der Waals surface area contributed by atoms with Crippen LogP contribution in [-0.4, -0.2) is 51.9 Å². The zero-order valence-electron chi connectivity index (χ0n) is 14.7. The van der Waals surface area contributed by atoms with Crippen LogP contribution in [0.5, 0.6) is 5.75 Å². The molecule has 2 rings (SSSR count). The molecule has 4 amide bonds. The predicted octanol–water partition coefficient (Wildman–Crippen LogP) is 1.85. The van der Waals surface area contributed by atoms with Crippen molar-refractivity contribution < 1.29 is 19.5 Å². The predicted molar refractivity (Wildman–Crippen MR) is 92.8 cm³/mol. The largest absolute Gasteiger partial charge is 0.508 e. The highest BCUT2D eigenvalue weighted by molar-refractivity contribution is 6.04. The number of aromatic hydroxyl groups is 1. The normalized spacial score (nSPS) is 17.3. The van der Waals surface area contributed by atoms with E-state index in [1.54, 1.807) is 30.0 Å². The van der Waals surface area contributed by atoms with Crippen LogP contribution in [0.2, 0.25) is 0 Å². The monoisotopic (exact) mass is 347 g/mol. The van der Waals surface area contributed by atoms with Crippen LogP contribution in [0.3, 0.4) is 0 Å². The topological polar surface area (TPSA) is 90.0 Å². The lowest BCUT2D eigenvalue weighted by molar-refractivity contribution is -0.128. The number of amides is 4. The van der Waals surface area contributed by atoms with Crippen LogP contribution in [0.4, 0.5) is 4.79 Å². The number of imide groups is 1. The van der Waals surface area contributed by atoms with Gasteiger partial charge in [0, 0.05) is 26.6 Å². The van der Waals surface area contributed by atoms with Crippen LogP contribution in [0, 0.1) is 0 Å². The van der Waals surface area contributed by atoms with Crippen LogP contribution in [-0.2, 0) is 16.1 Å². The van der Waals surface area contributed by atoms with E-state index in [-0.39, 0.29) is 30.1 Å². The molecule has 0 aromatic heterocycles. The van der Waals surface area contributed by atoms with E-state index in [1.807, 2.05) is 6.07 Å². The first kappa shape index (κ1) is 18.8. The Hall–Kier alpha value is -2.57. The van der Waals surface area contributed by atoms with Crippen molar-refractivity contribution in [1.29, 1.82) is 0 Å². The Labute approximate surface area is 147 Å². The molecule has 1 aliphatic rings. The highest BCUT2D eigenvalue weighted by Gasteiger charge is 2.43. The quantitative estimate of drug-likeness (QED) is 0.555. The molecule has 7 nitrogen and oxygen atoms in total. The molecule has 7 heteroatoms. The summed E-state index contributed by atoms with van der Waals surface area (Å²) in [7, 11) is 0. The molecule has 0 spiro atoms. The molecule has 1 heterocycles. The molecule has 1 fully saturated rings. The second kappa shape index (κ2) is 8.50. The molecule has 1 saturated heterocycles. The van der Waals surface area contributed by atoms with Gasteiger partial charge in [-0.25, -0.2) is 4.79 Å². The maximum Gasteiger partial charge on any atom is 0.327 e. The van der Waals surface area contributed by atoms with E-state index in [0.29, 0.717) is 19.5 Å². The first-order valence-electron chi connectivity index (χ1n) is 8.58. The Morgan fingerprint density at radius 2 is 2.04 bits per heavy atom. The molecule has 1 aliphatic heterocycles. The summed E-state index contributed by atoms with van der Waals surface area (Å²) in [6.07, 6.45) is 2.04. The number of hydrogen-bond acceptors (Lipinski definition) is 4. The first-order valence-corrected chi connectivity index (χ1v) is 8.58. The fourth-order valence-corrected chi connectivity index (χ4v) is 3.02. The second-order valence-corrected chi connectivity index (χ2v) is 6.16. The second-order valence-electron chi connectivity index (χ2n) is 6.16. The van der Waals surface area contributed by atoms with Crippen molar-refractivity contribution in [3.63, 3.8) is 0 Å². The van der Waals surface area contributed by atoms with Gasteiger partial charge in [0.05, 0.1) is 0 Å². The SMILES string of the molecule is CCN1C(=O)[C@H](CCCCNC(C)=O)N(Cc2cccc(O)c2)C1=O. The summed E-state index contributed by atoms with van der Waals surface area (Å²) in [6, 6.07) is 5.92. The minimum absolute atomic E-state index is 0.0743. The Balaban J connectivity index is 2.03. The summed E-state index contributed by atoms with van der Waals surface area (Å²) in [4.78, 5) is 38.8. The first-order chi connectivity index (χ1) is 11.9. The molecule has 0 bridgehead atoms. The maximum atomic E-state index is 12.5. The number of phenols is 1. The van der Waals surface area contributed by atoms with Gasteiger partial charge in [-0.05, 0) is 43.9 Å². The van der Waals surface area contributed by atoms with Crippen molar-refractivity contribution in [2.75, 3.05) is 13.1 Å². The highest BCUT2D eigenvalue weighted by Crippen LogP contribution is 2.25. The molecule has 0 saturated carbocycles. The number of benzene rings is 1. The van der Waals surface area contributed by atoms with Crippen molar-refractivity contribution in [3.05, 3.63) is 29.8 Å². The molecular weight excluding hydrogens is 322 g/mol. The number of carbonyl (C=O) groups is 3. The summed E-state index contributed by atoms with van der Waals surface area (Å²) in [5, 5.41) is 12.3. The van der Waals surface area contributed by atoms with E-state index in [4.69, 9.17) is 0 Å². The minimum Gasteiger partial charge on any atom is -0.508 e. The van der Waals surface area contributed by atoms with Gasteiger partial charge in [0.25, 0.3) is 5.91 Å². The van der Waals surface area contributed by atoms with Gasteiger partial charge < -0.3 is 15.3 Å². The van der Waals surface area contributed by atoms with E-state index in [0.717, 1.165) is 18.4 Å². The number of likely N-dealkylation sites (N-methyl/N-ethyl adjacent to an activating group) is 1. The molecule has 1 aromatic carbocycles. The minimum atomic E-state index is -0.493. The molecule has 1 aromatic rings. The number of unbranched alkanes of at least 4 members (excludes halogenated alkanes) is 1. The number of urea groups is 1. The third-order valence-electron chi connectivity index (χ3n) is 4.26. The zero-order valence-corrected chi connectivity index (χ0v) is 14.7. The average molecular weight is 347 g/mol. The van der Waals surface area contributed by atoms with E-state index in [2.05, 4.69) is 5.32 Å². The van der Waals surface area contributed by atoms with Crippen molar-refractivity contribution in [3.8, 4) is 5.75 Å². The van der Waals surface area contributed by atoms with Gasteiger partial charge in [0.2, 0.25) is 5.91 Å². The Kier molecular flexibility index (Phi) is 6.38. The van der Waals surface area contributed by atoms with E-state index >= 15 is 0 Å². The smallest absolute Gasteiger partial charge is 0.327 e. The lowest BCUT2D eigenvalue weighted by atomic mass is 10.1. The van der Waals surface area contributed by atoms with Gasteiger partial charge >= 0.3 is 6.03 Å². The summed E-state index contributed by atoms with van der Waals surface area (Å²) < 4.78 is 0. The van der Waals surface area contributed by atoms with E-state index < -0.39 is 6.04 Å². The van der Waals surface area contributed by atoms with Crippen LogP contribution in [0.15, 0.2) is 24.3 Å². The Morgan fingerprint density at radius 3 is 2.68 bits per heavy atom. The van der Waals surface area contributed by atoms with Crippen molar-refractivity contribution in [2.24, 2.45) is 0 Å². The molecule has 25 heavy (non-hydrogen) atoms. The summed E-state index contributed by atoms with van der Waals surface area (Å²) in [5.74, 6) is -0.114. The molecular formula is C18H25N3O4. The number of carbonyl (C=O) groups excluding carboxylic acids is 3. The molecule has 1 atom stereocenters. The number of rotatable bonds is 8. The lowest BCUT2D eigenvalue weighted by Gasteiger charge is -2.22. The van der Waals surface area contributed by atoms with Gasteiger partial charge in [-0.3, -0.25) is 14.5 Å². The van der Waals surface area contributed by atoms with Gasteiger partial charge in [-0.1, -0.05) is 12.1 Å². The van der Waals surface area contributed by atoms with Gasteiger partial charge in [-0.2, -0.15) is 0 Å². The maximum absolute atomic E-state index is 12.5. The van der Waals surface area contributed by atoms with E-state index in [9.17, 15) is 19.5 Å². The summed E-state index contributed by atoms with van der Waals surface area (Å²) >= 11 is 0. The molecule has 0 unspecified atom stereocenters. The van der Waals surface area contributed by atoms with Crippen LogP contribution >= 0.6 is 0 Å². The average Bonchev–Trinajstić information content (AvgIpc) is 2.77. The molecule has 136 valence electrons. The number of nitrogens with one attached hydrogen (secondary N) is 1. The van der Waals surface area contributed by atoms with Crippen LogP contribution in [0.25, 0.3) is 0 Å². The number of hydrogen-bond donors (Lipinski definition) is 2. The van der Waals surface area contributed by atoms with Crippen molar-refractivity contribution in [1.82, 2.24) is 15.1 Å². The van der Waals surface area contributed by atoms with Crippen LogP contribution < -0.4 is 5.32 Å². The van der Waals surface area contributed by atoms with Gasteiger partial charge in [0.1, 0.15) is 11.8 Å². The Morgan fingerprint density at radius 1 is 1.28 bits per heavy atom. The van der Waals surface area contributed by atoms with Gasteiger partial charge in [0.15, 0.2) is 0 Å². The highest BCUT2D eigenvalue weighted by atomic mass is 16.3. The summed E-state index contributed by atoms with van der Waals surface area (Å²) in [5.41, 5.74) is 0.780. The molecule has 2 N–H and O–H groups in total. The van der Waals surface area contributed by atoms with Gasteiger partial charge in [-0.15, -0.1) is 0 Å². The zero-order chi connectivity index (χ0) is 18.4. The van der Waals surface area contributed by atoms with Crippen molar-refractivity contribution >= 4 is 17.8 Å². The fourth-order valence-electron chi connectivity index (χ4n) is 3.02. The Bertz CT molecular complexity index is 647. The number of phenolic OH excluding ortho intramolecular Hbond substituents is 1. The third kappa shape index (κ3) is 4.71. The third-order valence-corrected chi connectivity index (χ3v) is 4.26. The standard InChI is InChI=1S/C18H25N3O4/c1-3-20-17(24)16(9-4-5-10-19-13(2)22)21(18(20)25)12-14-7-6-8-15(23)11-14/h6-8,11,16,23H,3-5,9-10,12H2,1-2H3,(H,19,22)/t16-/m0/s1. The van der Waals surface area contributed by atoms with Crippen molar-refractivity contribution in [2.45, 2.75) is 45.7 Å². The molecule has 0 aliphatic carbocycles. The van der Waals surface area contributed by atoms with Crippen LogP contribution in [0.1, 0.15) is 38.7 Å². The number of nitrogens with zero attached hydrogens (tertiary/aromatic N) is 2.